The Morgan fingerprint density at radius 1 is 1.73 bits per heavy atom. The van der Waals surface area contributed by atoms with E-state index in [2.05, 4.69) is 10.3 Å². The van der Waals surface area contributed by atoms with Gasteiger partial charge in [0.2, 0.25) is 5.91 Å². The number of amides is 1. The van der Waals surface area contributed by atoms with Crippen LogP contribution in [-0.4, -0.2) is 21.0 Å². The first-order chi connectivity index (χ1) is 6.84. The maximum Gasteiger partial charge on any atom is 0.237 e. The number of nitrogens with two attached hydrogens (primary N) is 1. The Morgan fingerprint density at radius 3 is 2.73 bits per heavy atom. The number of carbonyl (C=O) groups excluding carboxylic acids is 1. The molecule has 0 atom stereocenters. The lowest BCUT2D eigenvalue weighted by Crippen LogP contribution is -2.50. The van der Waals surface area contributed by atoms with Crippen molar-refractivity contribution in [3.05, 3.63) is 17.2 Å². The zero-order chi connectivity index (χ0) is 11.6. The van der Waals surface area contributed by atoms with Crippen LogP contribution in [0.25, 0.3) is 0 Å². The third-order valence-corrected chi connectivity index (χ3v) is 2.68. The van der Waals surface area contributed by atoms with Gasteiger partial charge in [-0.1, -0.05) is 11.6 Å². The van der Waals surface area contributed by atoms with Crippen molar-refractivity contribution in [2.24, 2.45) is 12.8 Å². The van der Waals surface area contributed by atoms with Gasteiger partial charge in [0.05, 0.1) is 18.3 Å². The van der Waals surface area contributed by atoms with Crippen molar-refractivity contribution in [2.75, 3.05) is 0 Å². The Kier molecular flexibility index (Phi) is 3.36. The van der Waals surface area contributed by atoms with Crippen LogP contribution < -0.4 is 11.1 Å². The van der Waals surface area contributed by atoms with E-state index in [9.17, 15) is 4.79 Å². The second kappa shape index (κ2) is 4.20. The standard InChI is InChI=1S/C9H15ClN4O/c1-9(2,8(11)15)13-5-7-12-4-6(10)14(7)3/h4,13H,5H2,1-3H3,(H2,11,15). The molecule has 0 aliphatic carbocycles. The molecule has 1 amide bonds. The van der Waals surface area contributed by atoms with Crippen LogP contribution in [-0.2, 0) is 18.4 Å². The van der Waals surface area contributed by atoms with E-state index in [1.54, 1.807) is 24.6 Å². The fourth-order valence-corrected chi connectivity index (χ4v) is 1.12. The van der Waals surface area contributed by atoms with Crippen LogP contribution in [0.3, 0.4) is 0 Å². The van der Waals surface area contributed by atoms with E-state index in [0.717, 1.165) is 5.82 Å². The molecule has 15 heavy (non-hydrogen) atoms. The molecule has 1 heterocycles. The van der Waals surface area contributed by atoms with E-state index in [-0.39, 0.29) is 0 Å². The Labute approximate surface area is 93.6 Å². The SMILES string of the molecule is Cn1c(Cl)cnc1CNC(C)(C)C(N)=O. The van der Waals surface area contributed by atoms with E-state index in [1.807, 2.05) is 7.05 Å². The molecule has 0 saturated heterocycles. The molecule has 5 nitrogen and oxygen atoms in total. The van der Waals surface area contributed by atoms with Gasteiger partial charge >= 0.3 is 0 Å². The van der Waals surface area contributed by atoms with Gasteiger partial charge in [-0.15, -0.1) is 0 Å². The smallest absolute Gasteiger partial charge is 0.237 e. The van der Waals surface area contributed by atoms with E-state index >= 15 is 0 Å². The zero-order valence-electron chi connectivity index (χ0n) is 9.04. The predicted octanol–water partition coefficient (Wildman–Crippen LogP) is 0.427. The summed E-state index contributed by atoms with van der Waals surface area (Å²) in [4.78, 5) is 15.1. The van der Waals surface area contributed by atoms with Gasteiger partial charge in [0.1, 0.15) is 11.0 Å². The van der Waals surface area contributed by atoms with Crippen molar-refractivity contribution in [3.8, 4) is 0 Å². The van der Waals surface area contributed by atoms with Crippen LogP contribution in [0.1, 0.15) is 19.7 Å². The lowest BCUT2D eigenvalue weighted by atomic mass is 10.1. The lowest BCUT2D eigenvalue weighted by molar-refractivity contribution is -0.123. The van der Waals surface area contributed by atoms with E-state index < -0.39 is 11.4 Å². The van der Waals surface area contributed by atoms with Crippen molar-refractivity contribution < 1.29 is 4.79 Å². The average molecular weight is 231 g/mol. The maximum absolute atomic E-state index is 11.0. The molecule has 0 bridgehead atoms. The van der Waals surface area contributed by atoms with Gasteiger partial charge in [0, 0.05) is 7.05 Å². The topological polar surface area (TPSA) is 72.9 Å². The lowest BCUT2D eigenvalue weighted by Gasteiger charge is -2.21. The van der Waals surface area contributed by atoms with Crippen molar-refractivity contribution in [1.29, 1.82) is 0 Å². The largest absolute Gasteiger partial charge is 0.368 e. The molecule has 1 aromatic rings. The van der Waals surface area contributed by atoms with Gasteiger partial charge in [-0.3, -0.25) is 10.1 Å². The summed E-state index contributed by atoms with van der Waals surface area (Å²) in [5.41, 5.74) is 4.47. The highest BCUT2D eigenvalue weighted by atomic mass is 35.5. The highest BCUT2D eigenvalue weighted by molar-refractivity contribution is 6.29. The van der Waals surface area contributed by atoms with E-state index in [4.69, 9.17) is 17.3 Å². The van der Waals surface area contributed by atoms with Crippen LogP contribution in [0.5, 0.6) is 0 Å². The predicted molar refractivity (Wildman–Crippen MR) is 58.3 cm³/mol. The molecular weight excluding hydrogens is 216 g/mol. The van der Waals surface area contributed by atoms with Gasteiger partial charge < -0.3 is 10.3 Å². The summed E-state index contributed by atoms with van der Waals surface area (Å²) >= 11 is 5.82. The molecule has 0 saturated carbocycles. The second-order valence-electron chi connectivity index (χ2n) is 3.90. The van der Waals surface area contributed by atoms with E-state index in [0.29, 0.717) is 11.7 Å². The Bertz CT molecular complexity index is 372. The minimum atomic E-state index is -0.752. The molecule has 0 aliphatic heterocycles. The summed E-state index contributed by atoms with van der Waals surface area (Å²) in [6.07, 6.45) is 1.57. The van der Waals surface area contributed by atoms with Crippen molar-refractivity contribution in [1.82, 2.24) is 14.9 Å². The van der Waals surface area contributed by atoms with Gasteiger partial charge in [-0.25, -0.2) is 4.98 Å². The van der Waals surface area contributed by atoms with Crippen LogP contribution >= 0.6 is 11.6 Å². The molecular formula is C9H15ClN4O. The Morgan fingerprint density at radius 2 is 2.33 bits per heavy atom. The van der Waals surface area contributed by atoms with E-state index in [1.165, 1.54) is 0 Å². The second-order valence-corrected chi connectivity index (χ2v) is 4.29. The first kappa shape index (κ1) is 12.0. The quantitative estimate of drug-likeness (QED) is 0.788. The number of imidazole rings is 1. The summed E-state index contributed by atoms with van der Waals surface area (Å²) in [7, 11) is 1.81. The molecule has 0 unspecified atom stereocenters. The van der Waals surface area contributed by atoms with Gasteiger partial charge in [0.25, 0.3) is 0 Å². The summed E-state index contributed by atoms with van der Waals surface area (Å²) < 4.78 is 1.74. The van der Waals surface area contributed by atoms with Crippen LogP contribution in [0.4, 0.5) is 0 Å². The van der Waals surface area contributed by atoms with Gasteiger partial charge in [0.15, 0.2) is 0 Å². The molecule has 3 N–H and O–H groups in total. The monoisotopic (exact) mass is 230 g/mol. The van der Waals surface area contributed by atoms with Crippen LogP contribution in [0.2, 0.25) is 5.15 Å². The molecule has 1 aromatic heterocycles. The number of hydrogen-bond donors (Lipinski definition) is 2. The van der Waals surface area contributed by atoms with Gasteiger partial charge in [-0.05, 0) is 13.8 Å². The van der Waals surface area contributed by atoms with Crippen molar-refractivity contribution in [3.63, 3.8) is 0 Å². The summed E-state index contributed by atoms with van der Waals surface area (Å²) in [5, 5.41) is 3.57. The number of nitrogens with one attached hydrogen (secondary N) is 1. The molecule has 0 aromatic carbocycles. The molecule has 6 heteroatoms. The first-order valence-electron chi connectivity index (χ1n) is 4.55. The fraction of sp³-hybridized carbons (Fsp3) is 0.556. The van der Waals surface area contributed by atoms with Gasteiger partial charge in [-0.2, -0.15) is 0 Å². The fourth-order valence-electron chi connectivity index (χ4n) is 0.976. The number of carbonyl (C=O) groups is 1. The Hall–Kier alpha value is -1.07. The number of rotatable bonds is 4. The number of nitrogens with zero attached hydrogens (tertiary/aromatic N) is 2. The molecule has 1 rings (SSSR count). The van der Waals surface area contributed by atoms with Crippen molar-refractivity contribution in [2.45, 2.75) is 25.9 Å². The molecule has 0 fully saturated rings. The molecule has 0 aliphatic rings. The number of hydrogen-bond acceptors (Lipinski definition) is 3. The number of primary amides is 1. The zero-order valence-corrected chi connectivity index (χ0v) is 9.80. The number of halogens is 1. The molecule has 0 spiro atoms. The minimum absolute atomic E-state index is 0.400. The molecule has 0 radical (unpaired) electrons. The van der Waals surface area contributed by atoms with Crippen LogP contribution in [0, 0.1) is 0 Å². The highest BCUT2D eigenvalue weighted by Crippen LogP contribution is 2.10. The summed E-state index contributed by atoms with van der Waals surface area (Å²) in [6, 6.07) is 0. The normalized spacial score (nSPS) is 11.7. The minimum Gasteiger partial charge on any atom is -0.368 e. The number of aromatic nitrogens is 2. The average Bonchev–Trinajstić information content (AvgIpc) is 2.45. The molecule has 84 valence electrons. The summed E-state index contributed by atoms with van der Waals surface area (Å²) in [6.45, 7) is 3.89. The third-order valence-electron chi connectivity index (χ3n) is 2.33. The maximum atomic E-state index is 11.0. The summed E-state index contributed by atoms with van der Waals surface area (Å²) in [5.74, 6) is 0.358. The third kappa shape index (κ3) is 2.70. The van der Waals surface area contributed by atoms with Crippen molar-refractivity contribution >= 4 is 17.5 Å². The Balaban J connectivity index is 2.65. The van der Waals surface area contributed by atoms with Crippen LogP contribution in [0.15, 0.2) is 6.20 Å². The highest BCUT2D eigenvalue weighted by Gasteiger charge is 2.24. The first-order valence-corrected chi connectivity index (χ1v) is 4.93.